The van der Waals surface area contributed by atoms with E-state index in [9.17, 15) is 0 Å². The van der Waals surface area contributed by atoms with Crippen LogP contribution in [0.4, 0.5) is 5.95 Å². The van der Waals surface area contributed by atoms with Gasteiger partial charge in [-0.1, -0.05) is 11.8 Å². The molecule has 0 saturated carbocycles. The van der Waals surface area contributed by atoms with Crippen LogP contribution in [-0.2, 0) is 6.54 Å². The average Bonchev–Trinajstić information content (AvgIpc) is 2.63. The molecule has 7 heteroatoms. The summed E-state index contributed by atoms with van der Waals surface area (Å²) in [6.07, 6.45) is 0. The Bertz CT molecular complexity index is 446. The zero-order valence-corrected chi connectivity index (χ0v) is 8.86. The van der Waals surface area contributed by atoms with Crippen molar-refractivity contribution in [3.05, 3.63) is 4.77 Å². The molecule has 0 saturated heterocycles. The third kappa shape index (κ3) is 1.71. The van der Waals surface area contributed by atoms with Crippen molar-refractivity contribution < 1.29 is 0 Å². The smallest absolute Gasteiger partial charge is 0.207 e. The third-order valence-electron chi connectivity index (χ3n) is 1.76. The van der Waals surface area contributed by atoms with Crippen LogP contribution in [0.5, 0.6) is 0 Å². The Labute approximate surface area is 90.2 Å². The highest BCUT2D eigenvalue weighted by Gasteiger charge is 2.12. The van der Waals surface area contributed by atoms with E-state index in [0.717, 1.165) is 19.0 Å². The first-order valence-electron chi connectivity index (χ1n) is 4.04. The summed E-state index contributed by atoms with van der Waals surface area (Å²) in [7, 11) is 0. The number of rotatable bonds is 2. The van der Waals surface area contributed by atoms with Crippen LogP contribution in [0.1, 0.15) is 0 Å². The molecule has 0 bridgehead atoms. The Morgan fingerprint density at radius 3 is 3.29 bits per heavy atom. The summed E-state index contributed by atoms with van der Waals surface area (Å²) in [4.78, 5) is 8.36. The summed E-state index contributed by atoms with van der Waals surface area (Å²) in [6, 6.07) is 2.03. The summed E-state index contributed by atoms with van der Waals surface area (Å²) in [5, 5.41) is 12.1. The molecule has 0 fully saturated rings. The topological polar surface area (TPSA) is 66.5 Å². The number of hydrogen-bond donors (Lipinski definition) is 1. The summed E-state index contributed by atoms with van der Waals surface area (Å²) in [6.45, 7) is 1.65. The van der Waals surface area contributed by atoms with Crippen LogP contribution in [0.15, 0.2) is 5.16 Å². The van der Waals surface area contributed by atoms with Gasteiger partial charge in [0.15, 0.2) is 5.16 Å². The van der Waals surface area contributed by atoms with Gasteiger partial charge in [0.1, 0.15) is 0 Å². The molecule has 5 nitrogen and oxygen atoms in total. The second kappa shape index (κ2) is 3.94. The molecule has 0 spiro atoms. The number of nitrogens with zero attached hydrogens (tertiary/aromatic N) is 4. The van der Waals surface area contributed by atoms with Crippen molar-refractivity contribution in [1.29, 1.82) is 5.26 Å². The van der Waals surface area contributed by atoms with E-state index >= 15 is 0 Å². The quantitative estimate of drug-likeness (QED) is 0.599. The zero-order chi connectivity index (χ0) is 9.97. The summed E-state index contributed by atoms with van der Waals surface area (Å²) < 4.78 is 2.38. The van der Waals surface area contributed by atoms with Crippen molar-refractivity contribution in [2.45, 2.75) is 11.7 Å². The molecule has 0 radical (unpaired) electrons. The van der Waals surface area contributed by atoms with Gasteiger partial charge in [-0.05, 0) is 12.2 Å². The van der Waals surface area contributed by atoms with Gasteiger partial charge in [-0.15, -0.1) is 0 Å². The van der Waals surface area contributed by atoms with E-state index in [-0.39, 0.29) is 0 Å². The largest absolute Gasteiger partial charge is 0.354 e. The Morgan fingerprint density at radius 1 is 1.64 bits per heavy atom. The van der Waals surface area contributed by atoms with E-state index in [1.165, 1.54) is 11.8 Å². The van der Waals surface area contributed by atoms with Crippen molar-refractivity contribution in [2.75, 3.05) is 17.6 Å². The first-order valence-corrected chi connectivity index (χ1v) is 5.43. The standard InChI is InChI=1S/C7H7N5S2/c8-1-4-14-6-10-5-9-2-3-12(5)7(13)11-6/h2-4H2,(H,9,10,11,13). The van der Waals surface area contributed by atoms with Crippen LogP contribution in [0, 0.1) is 16.1 Å². The first-order chi connectivity index (χ1) is 6.81. The van der Waals surface area contributed by atoms with Gasteiger partial charge in [0.05, 0.1) is 11.8 Å². The van der Waals surface area contributed by atoms with Gasteiger partial charge in [-0.25, -0.2) is 0 Å². The Morgan fingerprint density at radius 2 is 2.50 bits per heavy atom. The van der Waals surface area contributed by atoms with E-state index in [4.69, 9.17) is 17.5 Å². The van der Waals surface area contributed by atoms with Crippen LogP contribution >= 0.6 is 24.0 Å². The fraction of sp³-hybridized carbons (Fsp3) is 0.429. The van der Waals surface area contributed by atoms with Gasteiger partial charge >= 0.3 is 0 Å². The maximum atomic E-state index is 8.42. The van der Waals surface area contributed by atoms with E-state index in [1.54, 1.807) is 0 Å². The van der Waals surface area contributed by atoms with Gasteiger partial charge in [0, 0.05) is 13.1 Å². The fourth-order valence-electron chi connectivity index (χ4n) is 1.19. The molecule has 2 rings (SSSR count). The first kappa shape index (κ1) is 9.43. The van der Waals surface area contributed by atoms with Gasteiger partial charge in [0.25, 0.3) is 0 Å². The molecule has 0 aliphatic carbocycles. The van der Waals surface area contributed by atoms with Crippen LogP contribution in [0.2, 0.25) is 0 Å². The number of fused-ring (bicyclic) bond motifs is 1. The molecule has 1 aromatic heterocycles. The molecular weight excluding hydrogens is 218 g/mol. The Hall–Kier alpha value is -1.13. The highest BCUT2D eigenvalue weighted by atomic mass is 32.2. The number of thioether (sulfide) groups is 1. The highest BCUT2D eigenvalue weighted by Crippen LogP contribution is 2.17. The maximum Gasteiger partial charge on any atom is 0.207 e. The highest BCUT2D eigenvalue weighted by molar-refractivity contribution is 7.99. The lowest BCUT2D eigenvalue weighted by Gasteiger charge is -2.02. The lowest BCUT2D eigenvalue weighted by molar-refractivity contribution is 0.721. The van der Waals surface area contributed by atoms with Gasteiger partial charge in [-0.3, -0.25) is 4.57 Å². The molecule has 1 aliphatic rings. The average molecular weight is 225 g/mol. The van der Waals surface area contributed by atoms with Crippen molar-refractivity contribution in [3.8, 4) is 6.07 Å². The Kier molecular flexibility index (Phi) is 2.65. The van der Waals surface area contributed by atoms with E-state index in [0.29, 0.717) is 15.7 Å². The molecule has 0 aromatic carbocycles. The molecule has 1 aromatic rings. The fourth-order valence-corrected chi connectivity index (χ4v) is 2.00. The normalized spacial score (nSPS) is 13.1. The minimum absolute atomic E-state index is 0.345. The third-order valence-corrected chi connectivity index (χ3v) is 2.79. The van der Waals surface area contributed by atoms with Gasteiger partial charge in [0.2, 0.25) is 10.7 Å². The van der Waals surface area contributed by atoms with Crippen LogP contribution in [-0.4, -0.2) is 26.8 Å². The van der Waals surface area contributed by atoms with Gasteiger partial charge < -0.3 is 5.32 Å². The van der Waals surface area contributed by atoms with E-state index in [1.807, 2.05) is 10.6 Å². The maximum absolute atomic E-state index is 8.42. The van der Waals surface area contributed by atoms with Crippen LogP contribution < -0.4 is 5.32 Å². The zero-order valence-electron chi connectivity index (χ0n) is 7.23. The van der Waals surface area contributed by atoms with Gasteiger partial charge in [-0.2, -0.15) is 15.2 Å². The molecular formula is C7H7N5S2. The molecule has 1 N–H and O–H groups in total. The molecule has 0 unspecified atom stereocenters. The minimum Gasteiger partial charge on any atom is -0.354 e. The number of hydrogen-bond acceptors (Lipinski definition) is 6. The van der Waals surface area contributed by atoms with Crippen molar-refractivity contribution in [3.63, 3.8) is 0 Å². The number of aromatic nitrogens is 3. The molecule has 2 heterocycles. The molecule has 0 amide bonds. The van der Waals surface area contributed by atoms with Crippen molar-refractivity contribution in [2.24, 2.45) is 0 Å². The number of anilines is 1. The van der Waals surface area contributed by atoms with E-state index < -0.39 is 0 Å². The minimum atomic E-state index is 0.345. The second-order valence-electron chi connectivity index (χ2n) is 2.64. The number of nitrogens with one attached hydrogen (secondary N) is 1. The van der Waals surface area contributed by atoms with Crippen molar-refractivity contribution in [1.82, 2.24) is 14.5 Å². The molecule has 1 aliphatic heterocycles. The molecule has 0 atom stereocenters. The summed E-state index contributed by atoms with van der Waals surface area (Å²) in [5.41, 5.74) is 0. The predicted molar refractivity (Wildman–Crippen MR) is 55.7 cm³/mol. The molecule has 14 heavy (non-hydrogen) atoms. The predicted octanol–water partition coefficient (Wildman–Crippen LogP) is 1.05. The lowest BCUT2D eigenvalue weighted by Crippen LogP contribution is -2.02. The van der Waals surface area contributed by atoms with Crippen LogP contribution in [0.25, 0.3) is 0 Å². The summed E-state index contributed by atoms with van der Waals surface area (Å²) >= 11 is 6.39. The van der Waals surface area contributed by atoms with Crippen LogP contribution in [0.3, 0.4) is 0 Å². The lowest BCUT2D eigenvalue weighted by atomic mass is 10.7. The second-order valence-corrected chi connectivity index (χ2v) is 3.95. The summed E-state index contributed by atoms with van der Waals surface area (Å²) in [5.74, 6) is 1.10. The molecule has 72 valence electrons. The Balaban J connectivity index is 2.33. The van der Waals surface area contributed by atoms with Crippen molar-refractivity contribution >= 4 is 29.9 Å². The SMILES string of the molecule is N#CCSc1nc2n(c(=S)n1)CCN2. The number of nitriles is 1. The van der Waals surface area contributed by atoms with E-state index in [2.05, 4.69) is 15.3 Å². The monoisotopic (exact) mass is 225 g/mol.